The monoisotopic (exact) mass is 249 g/mol. The van der Waals surface area contributed by atoms with Crippen LogP contribution in [0.15, 0.2) is 0 Å². The summed E-state index contributed by atoms with van der Waals surface area (Å²) < 4.78 is 22.7. The highest BCUT2D eigenvalue weighted by Gasteiger charge is 2.49. The van der Waals surface area contributed by atoms with Crippen molar-refractivity contribution in [2.24, 2.45) is 0 Å². The molecule has 2 N–H and O–H groups in total. The van der Waals surface area contributed by atoms with Crippen LogP contribution in [0.5, 0.6) is 0 Å². The van der Waals surface area contributed by atoms with Gasteiger partial charge < -0.3 is 10.2 Å². The maximum absolute atomic E-state index is 11.3. The van der Waals surface area contributed by atoms with Gasteiger partial charge in [-0.2, -0.15) is 0 Å². The van der Waals surface area contributed by atoms with E-state index in [1.165, 1.54) is 0 Å². The van der Waals surface area contributed by atoms with Crippen molar-refractivity contribution < 1.29 is 18.6 Å². The van der Waals surface area contributed by atoms with Gasteiger partial charge in [0.05, 0.1) is 29.3 Å². The van der Waals surface area contributed by atoms with Gasteiger partial charge in [0.25, 0.3) is 0 Å². The summed E-state index contributed by atoms with van der Waals surface area (Å²) in [6.45, 7) is 2.98. The molecule has 2 heterocycles. The Morgan fingerprint density at radius 1 is 1.38 bits per heavy atom. The molecule has 6 heteroatoms. The van der Waals surface area contributed by atoms with E-state index < -0.39 is 21.5 Å². The average Bonchev–Trinajstić information content (AvgIpc) is 2.35. The molecule has 0 aliphatic carbocycles. The summed E-state index contributed by atoms with van der Waals surface area (Å²) in [5.41, 5.74) is -0.666. The number of nitrogens with zero attached hydrogens (tertiary/aromatic N) is 1. The molecule has 5 nitrogen and oxygen atoms in total. The van der Waals surface area contributed by atoms with Gasteiger partial charge >= 0.3 is 0 Å². The van der Waals surface area contributed by atoms with E-state index in [9.17, 15) is 18.6 Å². The maximum atomic E-state index is 11.3. The fraction of sp³-hybridized carbons (Fsp3) is 1.00. The number of aliphatic hydroxyl groups is 2. The van der Waals surface area contributed by atoms with Gasteiger partial charge in [0.1, 0.15) is 0 Å². The lowest BCUT2D eigenvalue weighted by molar-refractivity contribution is -0.128. The maximum Gasteiger partial charge on any atom is 0.154 e. The number of hydrogen-bond acceptors (Lipinski definition) is 5. The second kappa shape index (κ2) is 3.94. The number of aliphatic hydroxyl groups excluding tert-OH is 1. The molecule has 0 aromatic rings. The minimum Gasteiger partial charge on any atom is -0.390 e. The quantitative estimate of drug-likeness (QED) is 0.670. The minimum absolute atomic E-state index is 0.0242. The molecular weight excluding hydrogens is 230 g/mol. The SMILES string of the molecule is CCCC1(O)CN([C@@H]2CS(=O)(=O)C[C@H]2O)C1. The normalized spacial score (nSPS) is 37.2. The Bertz CT molecular complexity index is 361. The molecule has 94 valence electrons. The Morgan fingerprint density at radius 3 is 2.44 bits per heavy atom. The van der Waals surface area contributed by atoms with Gasteiger partial charge in [0.15, 0.2) is 9.84 Å². The molecule has 0 unspecified atom stereocenters. The lowest BCUT2D eigenvalue weighted by Gasteiger charge is -2.49. The van der Waals surface area contributed by atoms with Crippen LogP contribution in [-0.2, 0) is 9.84 Å². The number of rotatable bonds is 3. The van der Waals surface area contributed by atoms with Crippen molar-refractivity contribution in [3.63, 3.8) is 0 Å². The minimum atomic E-state index is -3.09. The Kier molecular flexibility index (Phi) is 3.03. The predicted octanol–water partition coefficient (Wildman–Crippen LogP) is -1.01. The van der Waals surface area contributed by atoms with E-state index in [4.69, 9.17) is 0 Å². The zero-order valence-corrected chi connectivity index (χ0v) is 10.3. The zero-order valence-electron chi connectivity index (χ0n) is 9.46. The fourth-order valence-electron chi connectivity index (χ4n) is 2.73. The van der Waals surface area contributed by atoms with Crippen LogP contribution in [0, 0.1) is 0 Å². The number of likely N-dealkylation sites (tertiary alicyclic amines) is 1. The van der Waals surface area contributed by atoms with Gasteiger partial charge in [-0.25, -0.2) is 8.42 Å². The van der Waals surface area contributed by atoms with Crippen LogP contribution in [0.2, 0.25) is 0 Å². The van der Waals surface area contributed by atoms with Crippen molar-refractivity contribution >= 4 is 9.84 Å². The molecule has 16 heavy (non-hydrogen) atoms. The number of hydrogen-bond donors (Lipinski definition) is 2. The third-order valence-electron chi connectivity index (χ3n) is 3.47. The molecule has 0 radical (unpaired) electrons. The van der Waals surface area contributed by atoms with Crippen LogP contribution in [0.4, 0.5) is 0 Å². The third-order valence-corrected chi connectivity index (χ3v) is 5.17. The summed E-state index contributed by atoms with van der Waals surface area (Å²) in [5, 5.41) is 19.6. The second-order valence-electron chi connectivity index (χ2n) is 5.09. The average molecular weight is 249 g/mol. The van der Waals surface area contributed by atoms with Crippen LogP contribution in [0.1, 0.15) is 19.8 Å². The smallest absolute Gasteiger partial charge is 0.154 e. The summed E-state index contributed by atoms with van der Waals surface area (Å²) in [6, 6.07) is -0.317. The van der Waals surface area contributed by atoms with Gasteiger partial charge in [-0.15, -0.1) is 0 Å². The highest BCUT2D eigenvalue weighted by molar-refractivity contribution is 7.91. The van der Waals surface area contributed by atoms with Gasteiger partial charge in [0.2, 0.25) is 0 Å². The molecule has 0 bridgehead atoms. The lowest BCUT2D eigenvalue weighted by atomic mass is 9.87. The van der Waals surface area contributed by atoms with Crippen molar-refractivity contribution in [3.8, 4) is 0 Å². The summed E-state index contributed by atoms with van der Waals surface area (Å²) >= 11 is 0. The molecule has 2 aliphatic heterocycles. The zero-order chi connectivity index (χ0) is 12.0. The lowest BCUT2D eigenvalue weighted by Crippen LogP contribution is -2.66. The molecule has 0 aromatic carbocycles. The Balaban J connectivity index is 1.93. The molecule has 0 aromatic heterocycles. The van der Waals surface area contributed by atoms with E-state index in [1.807, 2.05) is 11.8 Å². The first-order chi connectivity index (χ1) is 7.35. The molecular formula is C10H19NO4S. The van der Waals surface area contributed by atoms with Gasteiger partial charge in [-0.05, 0) is 6.42 Å². The molecule has 2 atom stereocenters. The number of sulfone groups is 1. The van der Waals surface area contributed by atoms with Crippen LogP contribution in [-0.4, -0.2) is 65.9 Å². The topological polar surface area (TPSA) is 77.8 Å². The van der Waals surface area contributed by atoms with E-state index in [1.54, 1.807) is 0 Å². The van der Waals surface area contributed by atoms with Crippen LogP contribution >= 0.6 is 0 Å². The van der Waals surface area contributed by atoms with Crippen molar-refractivity contribution in [2.75, 3.05) is 24.6 Å². The largest absolute Gasteiger partial charge is 0.390 e. The molecule has 2 rings (SSSR count). The van der Waals surface area contributed by atoms with Gasteiger partial charge in [0, 0.05) is 13.1 Å². The van der Waals surface area contributed by atoms with E-state index >= 15 is 0 Å². The van der Waals surface area contributed by atoms with Gasteiger partial charge in [-0.3, -0.25) is 4.90 Å². The third kappa shape index (κ3) is 2.25. The Morgan fingerprint density at radius 2 is 2.00 bits per heavy atom. The summed E-state index contributed by atoms with van der Waals surface area (Å²) in [6.07, 6.45) is 0.853. The van der Waals surface area contributed by atoms with Crippen molar-refractivity contribution in [2.45, 2.75) is 37.5 Å². The van der Waals surface area contributed by atoms with Gasteiger partial charge in [-0.1, -0.05) is 13.3 Å². The first-order valence-corrected chi connectivity index (χ1v) is 7.52. The molecule has 0 amide bonds. The molecule has 0 spiro atoms. The highest BCUT2D eigenvalue weighted by Crippen LogP contribution is 2.31. The summed E-state index contributed by atoms with van der Waals surface area (Å²) in [4.78, 5) is 1.88. The van der Waals surface area contributed by atoms with Crippen LogP contribution in [0.25, 0.3) is 0 Å². The standard InChI is InChI=1S/C10H19NO4S/c1-2-3-10(13)6-11(7-10)8-4-16(14,15)5-9(8)12/h8-9,12-13H,2-7H2,1H3/t8-,9-/m1/s1. The van der Waals surface area contributed by atoms with E-state index in [2.05, 4.69) is 0 Å². The first kappa shape index (κ1) is 12.3. The summed E-state index contributed by atoms with van der Waals surface area (Å²) in [5.74, 6) is -0.114. The van der Waals surface area contributed by atoms with Crippen molar-refractivity contribution in [1.29, 1.82) is 0 Å². The molecule has 0 saturated carbocycles. The fourth-order valence-corrected chi connectivity index (χ4v) is 4.56. The second-order valence-corrected chi connectivity index (χ2v) is 7.24. The summed E-state index contributed by atoms with van der Waals surface area (Å²) in [7, 11) is -3.09. The number of β-amino-alcohol motifs (C(OH)–C–C–N with tert-alkyl or cyclic N) is 1. The Labute approximate surface area is 96.0 Å². The molecule has 2 aliphatic rings. The van der Waals surface area contributed by atoms with Crippen LogP contribution < -0.4 is 0 Å². The van der Waals surface area contributed by atoms with E-state index in [0.29, 0.717) is 13.1 Å². The van der Waals surface area contributed by atoms with E-state index in [-0.39, 0.29) is 17.5 Å². The van der Waals surface area contributed by atoms with Crippen LogP contribution in [0.3, 0.4) is 0 Å². The van der Waals surface area contributed by atoms with Crippen molar-refractivity contribution in [1.82, 2.24) is 4.90 Å². The Hall–Kier alpha value is -0.170. The first-order valence-electron chi connectivity index (χ1n) is 5.70. The van der Waals surface area contributed by atoms with Crippen molar-refractivity contribution in [3.05, 3.63) is 0 Å². The molecule has 2 saturated heterocycles. The highest BCUT2D eigenvalue weighted by atomic mass is 32.2. The van der Waals surface area contributed by atoms with E-state index in [0.717, 1.165) is 12.8 Å². The predicted molar refractivity (Wildman–Crippen MR) is 59.9 cm³/mol. The molecule has 2 fully saturated rings.